The predicted molar refractivity (Wildman–Crippen MR) is 97.8 cm³/mol. The molecule has 1 heterocycles. The van der Waals surface area contributed by atoms with E-state index in [9.17, 15) is 19.2 Å². The molecule has 9 nitrogen and oxygen atoms in total. The molecule has 1 amide bonds. The van der Waals surface area contributed by atoms with Crippen molar-refractivity contribution < 1.29 is 33.0 Å². The van der Waals surface area contributed by atoms with E-state index in [1.165, 1.54) is 12.1 Å². The van der Waals surface area contributed by atoms with Crippen molar-refractivity contribution in [3.05, 3.63) is 40.8 Å². The SMILES string of the molecule is CCOC(=O)CCCNC(=O)COC(=O)COc1ccc2ccc(=O)oc2c1. The lowest BCUT2D eigenvalue weighted by atomic mass is 10.2. The van der Waals surface area contributed by atoms with Crippen LogP contribution in [-0.2, 0) is 23.9 Å². The largest absolute Gasteiger partial charge is 0.482 e. The third-order valence-corrected chi connectivity index (χ3v) is 3.50. The van der Waals surface area contributed by atoms with Crippen molar-refractivity contribution in [2.45, 2.75) is 19.8 Å². The summed E-state index contributed by atoms with van der Waals surface area (Å²) in [7, 11) is 0. The fourth-order valence-electron chi connectivity index (χ4n) is 2.21. The third-order valence-electron chi connectivity index (χ3n) is 3.50. The Kier molecular flexibility index (Phi) is 8.01. The molecule has 0 saturated heterocycles. The molecular formula is C19H21NO8. The first-order valence-corrected chi connectivity index (χ1v) is 8.72. The van der Waals surface area contributed by atoms with Crippen LogP contribution in [0, 0.1) is 0 Å². The van der Waals surface area contributed by atoms with Gasteiger partial charge in [0, 0.05) is 30.5 Å². The Morgan fingerprint density at radius 3 is 2.61 bits per heavy atom. The molecule has 0 aliphatic heterocycles. The van der Waals surface area contributed by atoms with Gasteiger partial charge in [-0.05, 0) is 31.5 Å². The van der Waals surface area contributed by atoms with Crippen LogP contribution in [0.5, 0.6) is 5.75 Å². The molecule has 0 saturated carbocycles. The van der Waals surface area contributed by atoms with Gasteiger partial charge in [-0.15, -0.1) is 0 Å². The fourth-order valence-corrected chi connectivity index (χ4v) is 2.21. The number of hydrogen-bond donors (Lipinski definition) is 1. The molecule has 0 aliphatic carbocycles. The molecule has 1 aromatic heterocycles. The summed E-state index contributed by atoms with van der Waals surface area (Å²) in [5.41, 5.74) is -0.155. The Morgan fingerprint density at radius 2 is 1.82 bits per heavy atom. The van der Waals surface area contributed by atoms with Gasteiger partial charge in [0.2, 0.25) is 0 Å². The molecule has 0 unspecified atom stereocenters. The van der Waals surface area contributed by atoms with Gasteiger partial charge in [-0.25, -0.2) is 9.59 Å². The summed E-state index contributed by atoms with van der Waals surface area (Å²) in [6.45, 7) is 1.45. The minimum absolute atomic E-state index is 0.202. The Bertz CT molecular complexity index is 889. The summed E-state index contributed by atoms with van der Waals surface area (Å²) >= 11 is 0. The molecule has 0 bridgehead atoms. The van der Waals surface area contributed by atoms with Gasteiger partial charge < -0.3 is 23.9 Å². The topological polar surface area (TPSA) is 121 Å². The van der Waals surface area contributed by atoms with Gasteiger partial charge in [-0.1, -0.05) is 0 Å². The van der Waals surface area contributed by atoms with E-state index in [-0.39, 0.29) is 18.9 Å². The quantitative estimate of drug-likeness (QED) is 0.364. The van der Waals surface area contributed by atoms with Crippen LogP contribution in [0.2, 0.25) is 0 Å². The van der Waals surface area contributed by atoms with Crippen molar-refractivity contribution in [2.24, 2.45) is 0 Å². The van der Waals surface area contributed by atoms with E-state index >= 15 is 0 Å². The minimum Gasteiger partial charge on any atom is -0.482 e. The van der Waals surface area contributed by atoms with E-state index in [1.807, 2.05) is 0 Å². The second-order valence-electron chi connectivity index (χ2n) is 5.66. The standard InChI is InChI=1S/C19H21NO8/c1-2-25-17(22)4-3-9-20-16(21)11-27-19(24)12-26-14-7-5-13-6-8-18(23)28-15(13)10-14/h5-8,10H,2-4,9,11-12H2,1H3,(H,20,21). The number of rotatable bonds is 10. The van der Waals surface area contributed by atoms with Crippen LogP contribution >= 0.6 is 0 Å². The zero-order valence-corrected chi connectivity index (χ0v) is 15.4. The van der Waals surface area contributed by atoms with Crippen molar-refractivity contribution in [1.29, 1.82) is 0 Å². The highest BCUT2D eigenvalue weighted by Crippen LogP contribution is 2.19. The van der Waals surface area contributed by atoms with Crippen molar-refractivity contribution in [2.75, 3.05) is 26.4 Å². The first kappa shape index (κ1) is 20.9. The number of amides is 1. The zero-order valence-electron chi connectivity index (χ0n) is 15.4. The lowest BCUT2D eigenvalue weighted by molar-refractivity contribution is -0.150. The maximum absolute atomic E-state index is 11.7. The molecule has 9 heteroatoms. The Balaban J connectivity index is 1.66. The molecule has 2 rings (SSSR count). The number of esters is 2. The van der Waals surface area contributed by atoms with Crippen LogP contribution in [0.1, 0.15) is 19.8 Å². The Hall–Kier alpha value is -3.36. The number of fused-ring (bicyclic) bond motifs is 1. The van der Waals surface area contributed by atoms with Gasteiger partial charge in [0.05, 0.1) is 6.61 Å². The van der Waals surface area contributed by atoms with Crippen LogP contribution in [-0.4, -0.2) is 44.2 Å². The Morgan fingerprint density at radius 1 is 1.04 bits per heavy atom. The second-order valence-corrected chi connectivity index (χ2v) is 5.66. The van der Waals surface area contributed by atoms with Crippen LogP contribution in [0.15, 0.2) is 39.5 Å². The molecule has 28 heavy (non-hydrogen) atoms. The molecule has 0 atom stereocenters. The van der Waals surface area contributed by atoms with Crippen molar-refractivity contribution in [3.63, 3.8) is 0 Å². The number of hydrogen-bond acceptors (Lipinski definition) is 8. The third kappa shape index (κ3) is 7.10. The van der Waals surface area contributed by atoms with Gasteiger partial charge >= 0.3 is 17.6 Å². The molecule has 0 aliphatic rings. The molecule has 0 radical (unpaired) electrons. The molecule has 1 aromatic carbocycles. The highest BCUT2D eigenvalue weighted by atomic mass is 16.6. The molecule has 1 N–H and O–H groups in total. The highest BCUT2D eigenvalue weighted by Gasteiger charge is 2.09. The summed E-state index contributed by atoms with van der Waals surface area (Å²) < 4.78 is 19.9. The normalized spacial score (nSPS) is 10.3. The molecule has 150 valence electrons. The van der Waals surface area contributed by atoms with E-state index in [1.54, 1.807) is 25.1 Å². The van der Waals surface area contributed by atoms with E-state index in [2.05, 4.69) is 5.32 Å². The number of nitrogens with one attached hydrogen (secondary N) is 1. The van der Waals surface area contributed by atoms with E-state index in [0.29, 0.717) is 29.7 Å². The average molecular weight is 391 g/mol. The van der Waals surface area contributed by atoms with Gasteiger partial charge in [0.25, 0.3) is 5.91 Å². The summed E-state index contributed by atoms with van der Waals surface area (Å²) in [6, 6.07) is 7.71. The number of carbonyl (C=O) groups is 3. The lowest BCUT2D eigenvalue weighted by Gasteiger charge is -2.08. The van der Waals surface area contributed by atoms with E-state index in [0.717, 1.165) is 0 Å². The summed E-state index contributed by atoms with van der Waals surface area (Å²) in [6.07, 6.45) is 0.632. The fraction of sp³-hybridized carbons (Fsp3) is 0.368. The Labute approximate surface area is 160 Å². The van der Waals surface area contributed by atoms with Gasteiger partial charge in [0.1, 0.15) is 11.3 Å². The molecule has 0 spiro atoms. The smallest absolute Gasteiger partial charge is 0.344 e. The summed E-state index contributed by atoms with van der Waals surface area (Å²) in [5.74, 6) is -1.21. The highest BCUT2D eigenvalue weighted by molar-refractivity contribution is 5.81. The number of carbonyl (C=O) groups excluding carboxylic acids is 3. The van der Waals surface area contributed by atoms with Crippen molar-refractivity contribution >= 4 is 28.8 Å². The van der Waals surface area contributed by atoms with E-state index < -0.39 is 30.7 Å². The van der Waals surface area contributed by atoms with Gasteiger partial charge in [-0.3, -0.25) is 9.59 Å². The second kappa shape index (κ2) is 10.7. The monoisotopic (exact) mass is 391 g/mol. The van der Waals surface area contributed by atoms with E-state index in [4.69, 9.17) is 18.6 Å². The predicted octanol–water partition coefficient (Wildman–Crippen LogP) is 1.17. The lowest BCUT2D eigenvalue weighted by Crippen LogP contribution is -2.30. The average Bonchev–Trinajstić information content (AvgIpc) is 2.68. The zero-order chi connectivity index (χ0) is 20.4. The number of benzene rings is 1. The van der Waals surface area contributed by atoms with Crippen LogP contribution < -0.4 is 15.7 Å². The maximum atomic E-state index is 11.7. The summed E-state index contributed by atoms with van der Waals surface area (Å²) in [4.78, 5) is 45.6. The van der Waals surface area contributed by atoms with Crippen molar-refractivity contribution in [1.82, 2.24) is 5.32 Å². The minimum atomic E-state index is -0.726. The maximum Gasteiger partial charge on any atom is 0.344 e. The van der Waals surface area contributed by atoms with Gasteiger partial charge in [0.15, 0.2) is 13.2 Å². The van der Waals surface area contributed by atoms with Crippen LogP contribution in [0.25, 0.3) is 11.0 Å². The molecule has 2 aromatic rings. The first-order valence-electron chi connectivity index (χ1n) is 8.72. The number of ether oxygens (including phenoxy) is 3. The first-order chi connectivity index (χ1) is 13.5. The van der Waals surface area contributed by atoms with Gasteiger partial charge in [-0.2, -0.15) is 0 Å². The van der Waals surface area contributed by atoms with Crippen LogP contribution in [0.3, 0.4) is 0 Å². The molecular weight excluding hydrogens is 370 g/mol. The van der Waals surface area contributed by atoms with Crippen LogP contribution in [0.4, 0.5) is 0 Å². The molecule has 0 fully saturated rings. The van der Waals surface area contributed by atoms with Crippen molar-refractivity contribution in [3.8, 4) is 5.75 Å². The summed E-state index contributed by atoms with van der Waals surface area (Å²) in [5, 5.41) is 3.24.